The quantitative estimate of drug-likeness (QED) is 0.861. The van der Waals surface area contributed by atoms with Gasteiger partial charge >= 0.3 is 0 Å². The Kier molecular flexibility index (Phi) is 4.69. The van der Waals surface area contributed by atoms with E-state index in [9.17, 15) is 9.59 Å². The molecule has 0 radical (unpaired) electrons. The number of amides is 2. The molecule has 3 rings (SSSR count). The van der Waals surface area contributed by atoms with Crippen LogP contribution in [-0.4, -0.2) is 41.2 Å². The highest BCUT2D eigenvalue weighted by Crippen LogP contribution is 2.38. The molecule has 1 aromatic carbocycles. The van der Waals surface area contributed by atoms with E-state index in [4.69, 9.17) is 0 Å². The van der Waals surface area contributed by atoms with Crippen LogP contribution < -0.4 is 0 Å². The van der Waals surface area contributed by atoms with Crippen molar-refractivity contribution in [3.63, 3.8) is 0 Å². The van der Waals surface area contributed by atoms with Crippen LogP contribution in [0.3, 0.4) is 0 Å². The third-order valence-electron chi connectivity index (χ3n) is 5.20. The Morgan fingerprint density at radius 2 is 1.83 bits per heavy atom. The van der Waals surface area contributed by atoms with Gasteiger partial charge in [0, 0.05) is 26.1 Å². The van der Waals surface area contributed by atoms with E-state index >= 15 is 0 Å². The molecular formula is C19H26N2O2. The molecule has 2 atom stereocenters. The number of aryl methyl sites for hydroxylation is 1. The second-order valence-electron chi connectivity index (χ2n) is 6.71. The van der Waals surface area contributed by atoms with Crippen molar-refractivity contribution < 1.29 is 9.59 Å². The number of piperidine rings is 1. The van der Waals surface area contributed by atoms with E-state index in [0.29, 0.717) is 19.4 Å². The van der Waals surface area contributed by atoms with Gasteiger partial charge in [-0.2, -0.15) is 0 Å². The smallest absolute Gasteiger partial charge is 0.228 e. The predicted octanol–water partition coefficient (Wildman–Crippen LogP) is 2.92. The van der Waals surface area contributed by atoms with Gasteiger partial charge in [-0.05, 0) is 38.7 Å². The lowest BCUT2D eigenvalue weighted by Gasteiger charge is -2.41. The highest BCUT2D eigenvalue weighted by molar-refractivity contribution is 5.85. The minimum atomic E-state index is -0.116. The van der Waals surface area contributed by atoms with Gasteiger partial charge in [-0.3, -0.25) is 9.59 Å². The van der Waals surface area contributed by atoms with Gasteiger partial charge in [-0.1, -0.05) is 29.8 Å². The van der Waals surface area contributed by atoms with Gasteiger partial charge in [0.1, 0.15) is 0 Å². The molecule has 2 amide bonds. The van der Waals surface area contributed by atoms with Crippen LogP contribution in [0.25, 0.3) is 0 Å². The Balaban J connectivity index is 1.93. The van der Waals surface area contributed by atoms with Crippen molar-refractivity contribution in [3.8, 4) is 0 Å². The van der Waals surface area contributed by atoms with Gasteiger partial charge in [-0.25, -0.2) is 0 Å². The zero-order valence-corrected chi connectivity index (χ0v) is 14.1. The Morgan fingerprint density at radius 3 is 2.43 bits per heavy atom. The highest BCUT2D eigenvalue weighted by Gasteiger charge is 2.41. The highest BCUT2D eigenvalue weighted by atomic mass is 16.2. The summed E-state index contributed by atoms with van der Waals surface area (Å²) in [6, 6.07) is 8.17. The third kappa shape index (κ3) is 3.12. The van der Waals surface area contributed by atoms with Crippen LogP contribution in [0.15, 0.2) is 24.3 Å². The standard InChI is InChI=1S/C19H26N2O2/c1-3-21-17(22)11-10-16(19(23)20-12-4-5-13-20)18(21)15-8-6-14(2)7-9-15/h6-9,16,18H,3-5,10-13H2,1-2H3/t16-,18+/m1/s1. The summed E-state index contributed by atoms with van der Waals surface area (Å²) in [6.45, 7) is 6.45. The summed E-state index contributed by atoms with van der Waals surface area (Å²) in [5.41, 5.74) is 2.28. The van der Waals surface area contributed by atoms with Gasteiger partial charge in [-0.15, -0.1) is 0 Å². The number of benzene rings is 1. The van der Waals surface area contributed by atoms with Crippen LogP contribution in [0.2, 0.25) is 0 Å². The zero-order chi connectivity index (χ0) is 16.4. The first-order valence-electron chi connectivity index (χ1n) is 8.76. The molecule has 2 aliphatic heterocycles. The van der Waals surface area contributed by atoms with E-state index in [2.05, 4.69) is 31.2 Å². The zero-order valence-electron chi connectivity index (χ0n) is 14.1. The molecule has 4 nitrogen and oxygen atoms in total. The molecule has 0 N–H and O–H groups in total. The van der Waals surface area contributed by atoms with Crippen molar-refractivity contribution >= 4 is 11.8 Å². The van der Waals surface area contributed by atoms with Crippen LogP contribution in [0.4, 0.5) is 0 Å². The van der Waals surface area contributed by atoms with Crippen molar-refractivity contribution in [2.75, 3.05) is 19.6 Å². The number of likely N-dealkylation sites (tertiary alicyclic amines) is 2. The van der Waals surface area contributed by atoms with E-state index in [0.717, 1.165) is 31.5 Å². The lowest BCUT2D eigenvalue weighted by molar-refractivity contribution is -0.147. The van der Waals surface area contributed by atoms with Gasteiger partial charge in [0.05, 0.1) is 12.0 Å². The number of hydrogen-bond donors (Lipinski definition) is 0. The number of carbonyl (C=O) groups excluding carboxylic acids is 2. The third-order valence-corrected chi connectivity index (χ3v) is 5.20. The van der Waals surface area contributed by atoms with Crippen molar-refractivity contribution in [3.05, 3.63) is 35.4 Å². The first-order chi connectivity index (χ1) is 11.1. The number of nitrogens with zero attached hydrogens (tertiary/aromatic N) is 2. The number of rotatable bonds is 3. The van der Waals surface area contributed by atoms with Crippen LogP contribution in [-0.2, 0) is 9.59 Å². The summed E-state index contributed by atoms with van der Waals surface area (Å²) < 4.78 is 0. The average molecular weight is 314 g/mol. The van der Waals surface area contributed by atoms with Crippen LogP contribution in [0, 0.1) is 12.8 Å². The molecular weight excluding hydrogens is 288 g/mol. The summed E-state index contributed by atoms with van der Waals surface area (Å²) in [4.78, 5) is 29.3. The molecule has 2 saturated heterocycles. The maximum Gasteiger partial charge on any atom is 0.228 e. The van der Waals surface area contributed by atoms with Crippen molar-refractivity contribution in [1.29, 1.82) is 0 Å². The lowest BCUT2D eigenvalue weighted by atomic mass is 9.83. The Morgan fingerprint density at radius 1 is 1.17 bits per heavy atom. The molecule has 0 bridgehead atoms. The molecule has 0 aromatic heterocycles. The van der Waals surface area contributed by atoms with Crippen LogP contribution in [0.1, 0.15) is 49.8 Å². The average Bonchev–Trinajstić information content (AvgIpc) is 3.09. The maximum absolute atomic E-state index is 13.0. The summed E-state index contributed by atoms with van der Waals surface area (Å²) in [6.07, 6.45) is 3.36. The fourth-order valence-electron chi connectivity index (χ4n) is 3.93. The Hall–Kier alpha value is -1.84. The monoisotopic (exact) mass is 314 g/mol. The van der Waals surface area contributed by atoms with Crippen LogP contribution in [0.5, 0.6) is 0 Å². The molecule has 0 spiro atoms. The summed E-state index contributed by atoms with van der Waals surface area (Å²) in [7, 11) is 0. The molecule has 2 fully saturated rings. The fraction of sp³-hybridized carbons (Fsp3) is 0.579. The van der Waals surface area contributed by atoms with Gasteiger partial charge in [0.2, 0.25) is 11.8 Å². The molecule has 2 aliphatic rings. The SMILES string of the molecule is CCN1C(=O)CC[C@@H](C(=O)N2CCCC2)[C@@H]1c1ccc(C)cc1. The Bertz CT molecular complexity index is 576. The van der Waals surface area contributed by atoms with E-state index in [1.807, 2.05) is 16.7 Å². The molecule has 124 valence electrons. The largest absolute Gasteiger partial charge is 0.342 e. The van der Waals surface area contributed by atoms with Crippen molar-refractivity contribution in [2.24, 2.45) is 5.92 Å². The maximum atomic E-state index is 13.0. The minimum Gasteiger partial charge on any atom is -0.342 e. The summed E-state index contributed by atoms with van der Waals surface area (Å²) in [5, 5.41) is 0. The molecule has 0 unspecified atom stereocenters. The molecule has 1 aromatic rings. The lowest BCUT2D eigenvalue weighted by Crippen LogP contribution is -2.48. The summed E-state index contributed by atoms with van der Waals surface area (Å²) in [5.74, 6) is 0.302. The Labute approximate surface area is 138 Å². The molecule has 23 heavy (non-hydrogen) atoms. The van der Waals surface area contributed by atoms with E-state index in [1.54, 1.807) is 0 Å². The molecule has 0 saturated carbocycles. The van der Waals surface area contributed by atoms with Crippen molar-refractivity contribution in [1.82, 2.24) is 9.80 Å². The minimum absolute atomic E-state index is 0.103. The van der Waals surface area contributed by atoms with E-state index in [1.165, 1.54) is 5.56 Å². The fourth-order valence-corrected chi connectivity index (χ4v) is 3.93. The van der Waals surface area contributed by atoms with Gasteiger partial charge < -0.3 is 9.80 Å². The topological polar surface area (TPSA) is 40.6 Å². The number of hydrogen-bond acceptors (Lipinski definition) is 2. The normalized spacial score (nSPS) is 25.0. The summed E-state index contributed by atoms with van der Waals surface area (Å²) >= 11 is 0. The van der Waals surface area contributed by atoms with Crippen molar-refractivity contribution in [2.45, 2.75) is 45.6 Å². The first-order valence-corrected chi connectivity index (χ1v) is 8.76. The first kappa shape index (κ1) is 16.0. The molecule has 4 heteroatoms. The second-order valence-corrected chi connectivity index (χ2v) is 6.71. The van der Waals surface area contributed by atoms with E-state index in [-0.39, 0.29) is 23.8 Å². The number of carbonyl (C=O) groups is 2. The second kappa shape index (κ2) is 6.73. The van der Waals surface area contributed by atoms with E-state index < -0.39 is 0 Å². The van der Waals surface area contributed by atoms with Gasteiger partial charge in [0.15, 0.2) is 0 Å². The molecule has 2 heterocycles. The van der Waals surface area contributed by atoms with Crippen LogP contribution >= 0.6 is 0 Å². The van der Waals surface area contributed by atoms with Gasteiger partial charge in [0.25, 0.3) is 0 Å². The molecule has 0 aliphatic carbocycles. The predicted molar refractivity (Wildman–Crippen MR) is 89.8 cm³/mol.